The molecule has 176 valence electrons. The Morgan fingerprint density at radius 1 is 1.03 bits per heavy atom. The lowest BCUT2D eigenvalue weighted by molar-refractivity contribution is -0.307. The van der Waals surface area contributed by atoms with E-state index in [1.165, 1.54) is 11.8 Å². The standard InChI is InChI=1S/C26H25NO6S/c1-13-17-10-19-22(16-8-6-5-7-9-16)15(3)32-24(19)14(2)23(17)33-26(31)18(13)11-21(28)27-20(12-34-4)25(29)30/h5-10,20H,11-12H2,1-4H3,(H,27,28)(H,29,30)/p-1/t20-/m0/s1. The maximum atomic E-state index is 12.8. The number of amides is 1. The summed E-state index contributed by atoms with van der Waals surface area (Å²) in [6.45, 7) is 5.50. The topological polar surface area (TPSA) is 113 Å². The Balaban J connectivity index is 1.83. The molecule has 0 fully saturated rings. The molecule has 34 heavy (non-hydrogen) atoms. The van der Waals surface area contributed by atoms with Gasteiger partial charge in [-0.25, -0.2) is 4.79 Å². The minimum absolute atomic E-state index is 0.165. The van der Waals surface area contributed by atoms with E-state index >= 15 is 0 Å². The summed E-state index contributed by atoms with van der Waals surface area (Å²) in [7, 11) is 0. The van der Waals surface area contributed by atoms with Gasteiger partial charge in [0.1, 0.15) is 16.9 Å². The molecule has 0 spiro atoms. The second-order valence-corrected chi connectivity index (χ2v) is 9.13. The number of furan rings is 1. The molecule has 8 heteroatoms. The van der Waals surface area contributed by atoms with E-state index in [0.717, 1.165) is 22.3 Å². The van der Waals surface area contributed by atoms with Crippen LogP contribution in [0, 0.1) is 20.8 Å². The highest BCUT2D eigenvalue weighted by atomic mass is 32.2. The monoisotopic (exact) mass is 478 g/mol. The van der Waals surface area contributed by atoms with Crippen LogP contribution in [0.4, 0.5) is 0 Å². The van der Waals surface area contributed by atoms with Gasteiger partial charge in [-0.2, -0.15) is 11.8 Å². The Labute approximate surface area is 200 Å². The molecule has 7 nitrogen and oxygen atoms in total. The Morgan fingerprint density at radius 3 is 2.35 bits per heavy atom. The van der Waals surface area contributed by atoms with Crippen LogP contribution in [0.3, 0.4) is 0 Å². The van der Waals surface area contributed by atoms with E-state index in [0.29, 0.717) is 27.7 Å². The predicted molar refractivity (Wildman–Crippen MR) is 131 cm³/mol. The average molecular weight is 479 g/mol. The summed E-state index contributed by atoms with van der Waals surface area (Å²) >= 11 is 1.27. The van der Waals surface area contributed by atoms with Crippen molar-refractivity contribution >= 4 is 45.6 Å². The Bertz CT molecular complexity index is 1470. The molecule has 0 saturated carbocycles. The van der Waals surface area contributed by atoms with Crippen LogP contribution in [0.2, 0.25) is 0 Å². The van der Waals surface area contributed by atoms with Gasteiger partial charge in [0.15, 0.2) is 0 Å². The van der Waals surface area contributed by atoms with Gasteiger partial charge in [-0.15, -0.1) is 0 Å². The van der Waals surface area contributed by atoms with Gasteiger partial charge in [0.25, 0.3) is 0 Å². The van der Waals surface area contributed by atoms with Crippen molar-refractivity contribution in [2.45, 2.75) is 33.2 Å². The molecule has 4 rings (SSSR count). The molecule has 0 radical (unpaired) electrons. The normalized spacial score (nSPS) is 12.2. The summed E-state index contributed by atoms with van der Waals surface area (Å²) in [5.41, 5.74) is 3.88. The third-order valence-corrected chi connectivity index (χ3v) is 6.65. The Hall–Kier alpha value is -3.52. The highest BCUT2D eigenvalue weighted by Crippen LogP contribution is 2.39. The van der Waals surface area contributed by atoms with E-state index in [1.54, 1.807) is 13.2 Å². The Morgan fingerprint density at radius 2 is 1.71 bits per heavy atom. The van der Waals surface area contributed by atoms with Gasteiger partial charge in [0.05, 0.1) is 24.0 Å². The lowest BCUT2D eigenvalue weighted by atomic mass is 9.96. The maximum Gasteiger partial charge on any atom is 0.340 e. The molecule has 1 atom stereocenters. The molecule has 1 amide bonds. The van der Waals surface area contributed by atoms with Crippen molar-refractivity contribution in [3.8, 4) is 11.1 Å². The van der Waals surface area contributed by atoms with Gasteiger partial charge in [0.2, 0.25) is 5.91 Å². The molecule has 0 bridgehead atoms. The zero-order chi connectivity index (χ0) is 24.6. The molecule has 4 aromatic rings. The number of carboxylic acid groups (broad SMARTS) is 1. The quantitative estimate of drug-likeness (QED) is 0.406. The van der Waals surface area contributed by atoms with Crippen molar-refractivity contribution in [1.82, 2.24) is 5.32 Å². The maximum absolute atomic E-state index is 12.8. The fourth-order valence-corrected chi connectivity index (χ4v) is 4.84. The largest absolute Gasteiger partial charge is 0.548 e. The van der Waals surface area contributed by atoms with Crippen LogP contribution in [0.25, 0.3) is 33.1 Å². The van der Waals surface area contributed by atoms with Crippen LogP contribution in [0.1, 0.15) is 22.5 Å². The van der Waals surface area contributed by atoms with E-state index in [9.17, 15) is 19.5 Å². The van der Waals surface area contributed by atoms with Crippen molar-refractivity contribution in [3.63, 3.8) is 0 Å². The Kier molecular flexibility index (Phi) is 6.52. The number of aryl methyl sites for hydroxylation is 3. The summed E-state index contributed by atoms with van der Waals surface area (Å²) in [5.74, 6) is -1.04. The number of nitrogens with one attached hydrogen (secondary N) is 1. The van der Waals surface area contributed by atoms with E-state index in [4.69, 9.17) is 8.83 Å². The second kappa shape index (κ2) is 9.38. The van der Waals surface area contributed by atoms with Crippen LogP contribution < -0.4 is 16.0 Å². The number of aliphatic carboxylic acids is 1. The lowest BCUT2D eigenvalue weighted by Crippen LogP contribution is -2.50. The minimum atomic E-state index is -1.37. The number of fused-ring (bicyclic) bond motifs is 2. The number of hydrogen-bond donors (Lipinski definition) is 1. The summed E-state index contributed by atoms with van der Waals surface area (Å²) in [6.07, 6.45) is 1.43. The van der Waals surface area contributed by atoms with Crippen molar-refractivity contribution in [3.05, 3.63) is 69.3 Å². The number of carboxylic acids is 1. The zero-order valence-corrected chi connectivity index (χ0v) is 20.1. The van der Waals surface area contributed by atoms with E-state index in [-0.39, 0.29) is 17.7 Å². The van der Waals surface area contributed by atoms with E-state index < -0.39 is 23.5 Å². The van der Waals surface area contributed by atoms with Gasteiger partial charge < -0.3 is 24.1 Å². The fraction of sp³-hybridized carbons (Fsp3) is 0.269. The van der Waals surface area contributed by atoms with Crippen molar-refractivity contribution in [1.29, 1.82) is 0 Å². The van der Waals surface area contributed by atoms with E-state index in [2.05, 4.69) is 5.32 Å². The van der Waals surface area contributed by atoms with E-state index in [1.807, 2.05) is 50.2 Å². The van der Waals surface area contributed by atoms with Crippen molar-refractivity contribution in [2.24, 2.45) is 0 Å². The number of hydrogen-bond acceptors (Lipinski definition) is 7. The number of thioether (sulfide) groups is 1. The first-order valence-corrected chi connectivity index (χ1v) is 12.2. The highest BCUT2D eigenvalue weighted by molar-refractivity contribution is 7.98. The first kappa shape index (κ1) is 23.6. The van der Waals surface area contributed by atoms with Crippen LogP contribution in [-0.2, 0) is 16.0 Å². The first-order chi connectivity index (χ1) is 16.2. The number of benzene rings is 2. The molecule has 0 aliphatic carbocycles. The van der Waals surface area contributed by atoms with Gasteiger partial charge >= 0.3 is 5.63 Å². The smallest absolute Gasteiger partial charge is 0.340 e. The average Bonchev–Trinajstić information content (AvgIpc) is 3.14. The molecule has 0 saturated heterocycles. The lowest BCUT2D eigenvalue weighted by Gasteiger charge is -2.19. The van der Waals surface area contributed by atoms with Crippen LogP contribution in [-0.4, -0.2) is 29.9 Å². The predicted octanol–water partition coefficient (Wildman–Crippen LogP) is 3.27. The minimum Gasteiger partial charge on any atom is -0.548 e. The van der Waals surface area contributed by atoms with Gasteiger partial charge in [0, 0.05) is 27.7 Å². The molecule has 1 N–H and O–H groups in total. The highest BCUT2D eigenvalue weighted by Gasteiger charge is 2.22. The molecular weight excluding hydrogens is 454 g/mol. The zero-order valence-electron chi connectivity index (χ0n) is 19.3. The summed E-state index contributed by atoms with van der Waals surface area (Å²) in [6, 6.07) is 10.7. The van der Waals surface area contributed by atoms with Crippen LogP contribution in [0.15, 0.2) is 50.0 Å². The summed E-state index contributed by atoms with van der Waals surface area (Å²) < 4.78 is 11.7. The molecule has 2 aromatic carbocycles. The van der Waals surface area contributed by atoms with Gasteiger partial charge in [-0.3, -0.25) is 4.79 Å². The summed E-state index contributed by atoms with van der Waals surface area (Å²) in [5, 5.41) is 15.3. The molecule has 0 unspecified atom stereocenters. The SMILES string of the molecule is CSC[C@H](NC(=O)Cc1c(C)c2cc3c(-c4ccccc4)c(C)oc3c(C)c2oc1=O)C(=O)[O-]. The second-order valence-electron chi connectivity index (χ2n) is 8.22. The molecule has 2 aromatic heterocycles. The molecule has 2 heterocycles. The first-order valence-electron chi connectivity index (χ1n) is 10.8. The van der Waals surface area contributed by atoms with Gasteiger partial charge in [-0.1, -0.05) is 30.3 Å². The number of rotatable bonds is 7. The molecule has 0 aliphatic heterocycles. The summed E-state index contributed by atoms with van der Waals surface area (Å²) in [4.78, 5) is 36.6. The van der Waals surface area contributed by atoms with Crippen LogP contribution in [0.5, 0.6) is 0 Å². The van der Waals surface area contributed by atoms with Crippen molar-refractivity contribution < 1.29 is 23.5 Å². The molecular formula is C26H24NO6S-. The number of carbonyl (C=O) groups excluding carboxylic acids is 2. The third-order valence-electron chi connectivity index (χ3n) is 5.99. The number of carbonyl (C=O) groups is 2. The molecule has 0 aliphatic rings. The van der Waals surface area contributed by atoms with Crippen molar-refractivity contribution in [2.75, 3.05) is 12.0 Å². The van der Waals surface area contributed by atoms with Crippen LogP contribution >= 0.6 is 11.8 Å². The third kappa shape index (κ3) is 4.21. The fourth-order valence-electron chi connectivity index (χ4n) is 4.28. The van der Waals surface area contributed by atoms with Gasteiger partial charge in [-0.05, 0) is 44.2 Å².